The van der Waals surface area contributed by atoms with Gasteiger partial charge >= 0.3 is 6.18 Å². The lowest BCUT2D eigenvalue weighted by Gasteiger charge is -2.10. The summed E-state index contributed by atoms with van der Waals surface area (Å²) in [6, 6.07) is 2.06. The molecule has 0 bridgehead atoms. The average molecular weight is 319 g/mol. The van der Waals surface area contributed by atoms with Crippen LogP contribution >= 0.6 is 15.9 Å². The van der Waals surface area contributed by atoms with Crippen molar-refractivity contribution < 1.29 is 13.2 Å². The van der Waals surface area contributed by atoms with Crippen LogP contribution in [0.3, 0.4) is 0 Å². The number of hydrogen-bond acceptors (Lipinski definition) is 2. The third-order valence-corrected chi connectivity index (χ3v) is 3.26. The standard InChI is InChI=1S/C12H10BrF3N2/c1-3-9-6(2)17-10-5-7(12(14,15)16)4-8(13)11(10)18-9/h4-5H,3H2,1-2H3. The summed E-state index contributed by atoms with van der Waals surface area (Å²) >= 11 is 3.13. The fourth-order valence-corrected chi connectivity index (χ4v) is 2.28. The molecule has 0 atom stereocenters. The number of rotatable bonds is 1. The lowest BCUT2D eigenvalue weighted by molar-refractivity contribution is -0.137. The van der Waals surface area contributed by atoms with Crippen molar-refractivity contribution in [3.63, 3.8) is 0 Å². The average Bonchev–Trinajstić information content (AvgIpc) is 2.26. The molecule has 0 aliphatic rings. The molecule has 0 aliphatic heterocycles. The van der Waals surface area contributed by atoms with Gasteiger partial charge in [-0.25, -0.2) is 9.97 Å². The molecule has 2 aromatic rings. The Labute approximate surface area is 110 Å². The minimum Gasteiger partial charge on any atom is -0.250 e. The Balaban J connectivity index is 2.74. The van der Waals surface area contributed by atoms with Crippen LogP contribution in [0.1, 0.15) is 23.9 Å². The molecule has 2 nitrogen and oxygen atoms in total. The van der Waals surface area contributed by atoms with E-state index in [-0.39, 0.29) is 5.52 Å². The second kappa shape index (κ2) is 4.50. The SMILES string of the molecule is CCc1nc2c(Br)cc(C(F)(F)F)cc2nc1C. The summed E-state index contributed by atoms with van der Waals surface area (Å²) in [6.45, 7) is 3.68. The van der Waals surface area contributed by atoms with Crippen molar-refractivity contribution >= 4 is 27.0 Å². The predicted molar refractivity (Wildman–Crippen MR) is 66.4 cm³/mol. The van der Waals surface area contributed by atoms with Gasteiger partial charge in [0.05, 0.1) is 22.5 Å². The highest BCUT2D eigenvalue weighted by atomic mass is 79.9. The van der Waals surface area contributed by atoms with E-state index in [2.05, 4.69) is 25.9 Å². The van der Waals surface area contributed by atoms with Crippen molar-refractivity contribution in [2.45, 2.75) is 26.4 Å². The van der Waals surface area contributed by atoms with Crippen molar-refractivity contribution in [2.24, 2.45) is 0 Å². The van der Waals surface area contributed by atoms with Crippen LogP contribution in [0.5, 0.6) is 0 Å². The minimum atomic E-state index is -4.38. The summed E-state index contributed by atoms with van der Waals surface area (Å²) in [5.41, 5.74) is 1.45. The highest BCUT2D eigenvalue weighted by molar-refractivity contribution is 9.10. The monoisotopic (exact) mass is 318 g/mol. The van der Waals surface area contributed by atoms with Gasteiger partial charge in [-0.15, -0.1) is 0 Å². The normalized spacial score (nSPS) is 12.1. The molecule has 0 aliphatic carbocycles. The Bertz CT molecular complexity index is 608. The number of aryl methyl sites for hydroxylation is 2. The van der Waals surface area contributed by atoms with Gasteiger partial charge in [-0.1, -0.05) is 6.92 Å². The van der Waals surface area contributed by atoms with Crippen LogP contribution in [0.25, 0.3) is 11.0 Å². The Kier molecular flexibility index (Phi) is 3.31. The summed E-state index contributed by atoms with van der Waals surface area (Å²) in [5, 5.41) is 0. The zero-order valence-electron chi connectivity index (χ0n) is 9.77. The lowest BCUT2D eigenvalue weighted by Crippen LogP contribution is -2.06. The smallest absolute Gasteiger partial charge is 0.250 e. The van der Waals surface area contributed by atoms with Crippen molar-refractivity contribution in [3.8, 4) is 0 Å². The van der Waals surface area contributed by atoms with E-state index in [4.69, 9.17) is 0 Å². The van der Waals surface area contributed by atoms with Gasteiger partial charge in [0.1, 0.15) is 5.52 Å². The van der Waals surface area contributed by atoms with E-state index >= 15 is 0 Å². The second-order valence-corrected chi connectivity index (χ2v) is 4.79. The molecule has 0 saturated carbocycles. The van der Waals surface area contributed by atoms with Crippen molar-refractivity contribution in [1.82, 2.24) is 9.97 Å². The quantitative estimate of drug-likeness (QED) is 0.784. The second-order valence-electron chi connectivity index (χ2n) is 3.93. The first-order chi connectivity index (χ1) is 8.32. The molecule has 2 rings (SSSR count). The Hall–Kier alpha value is -1.17. The maximum absolute atomic E-state index is 12.7. The highest BCUT2D eigenvalue weighted by Gasteiger charge is 2.31. The molecule has 1 aromatic heterocycles. The minimum absolute atomic E-state index is 0.256. The number of alkyl halides is 3. The number of benzene rings is 1. The van der Waals surface area contributed by atoms with Crippen LogP contribution in [0.15, 0.2) is 16.6 Å². The molecule has 0 unspecified atom stereocenters. The fourth-order valence-electron chi connectivity index (χ4n) is 1.74. The first-order valence-corrected chi connectivity index (χ1v) is 6.16. The van der Waals surface area contributed by atoms with Crippen LogP contribution < -0.4 is 0 Å². The maximum Gasteiger partial charge on any atom is 0.416 e. The van der Waals surface area contributed by atoms with Crippen LogP contribution in [0, 0.1) is 6.92 Å². The first-order valence-electron chi connectivity index (χ1n) is 5.37. The zero-order valence-corrected chi connectivity index (χ0v) is 11.4. The van der Waals surface area contributed by atoms with E-state index in [1.54, 1.807) is 6.92 Å². The molecule has 1 aromatic carbocycles. The van der Waals surface area contributed by atoms with Gasteiger partial charge in [0.15, 0.2) is 0 Å². The van der Waals surface area contributed by atoms with Gasteiger partial charge in [0.25, 0.3) is 0 Å². The van der Waals surface area contributed by atoms with E-state index in [0.717, 1.165) is 17.8 Å². The van der Waals surface area contributed by atoms with Gasteiger partial charge in [0.2, 0.25) is 0 Å². The van der Waals surface area contributed by atoms with Gasteiger partial charge in [-0.3, -0.25) is 0 Å². The number of halogens is 4. The van der Waals surface area contributed by atoms with Gasteiger partial charge < -0.3 is 0 Å². The van der Waals surface area contributed by atoms with E-state index < -0.39 is 11.7 Å². The fraction of sp³-hybridized carbons (Fsp3) is 0.333. The van der Waals surface area contributed by atoms with E-state index in [9.17, 15) is 13.2 Å². The van der Waals surface area contributed by atoms with E-state index in [0.29, 0.717) is 22.1 Å². The number of hydrogen-bond donors (Lipinski definition) is 0. The van der Waals surface area contributed by atoms with Crippen LogP contribution in [0.4, 0.5) is 13.2 Å². The molecule has 0 radical (unpaired) electrons. The summed E-state index contributed by atoms with van der Waals surface area (Å²) in [5.74, 6) is 0. The van der Waals surface area contributed by atoms with Crippen molar-refractivity contribution in [3.05, 3.63) is 33.6 Å². The molecule has 96 valence electrons. The van der Waals surface area contributed by atoms with Crippen LogP contribution in [0.2, 0.25) is 0 Å². The molecular weight excluding hydrogens is 309 g/mol. The summed E-state index contributed by atoms with van der Waals surface area (Å²) in [4.78, 5) is 8.53. The molecule has 1 heterocycles. The molecule has 6 heteroatoms. The largest absolute Gasteiger partial charge is 0.416 e. The lowest BCUT2D eigenvalue weighted by atomic mass is 10.1. The predicted octanol–water partition coefficient (Wildman–Crippen LogP) is 4.28. The summed E-state index contributed by atoms with van der Waals surface area (Å²) < 4.78 is 38.3. The Morgan fingerprint density at radius 1 is 1.22 bits per heavy atom. The topological polar surface area (TPSA) is 25.8 Å². The molecule has 0 fully saturated rings. The third kappa shape index (κ3) is 2.34. The summed E-state index contributed by atoms with van der Waals surface area (Å²) in [6.07, 6.45) is -3.68. The van der Waals surface area contributed by atoms with Gasteiger partial charge in [-0.2, -0.15) is 13.2 Å². The number of nitrogens with zero attached hydrogens (tertiary/aromatic N) is 2. The Morgan fingerprint density at radius 3 is 2.44 bits per heavy atom. The van der Waals surface area contributed by atoms with Crippen molar-refractivity contribution in [1.29, 1.82) is 0 Å². The molecule has 18 heavy (non-hydrogen) atoms. The Morgan fingerprint density at radius 2 is 1.89 bits per heavy atom. The van der Waals surface area contributed by atoms with Crippen LogP contribution in [-0.2, 0) is 12.6 Å². The van der Waals surface area contributed by atoms with Crippen molar-refractivity contribution in [2.75, 3.05) is 0 Å². The zero-order chi connectivity index (χ0) is 13.5. The number of fused-ring (bicyclic) bond motifs is 1. The van der Waals surface area contributed by atoms with Gasteiger partial charge in [-0.05, 0) is 41.4 Å². The van der Waals surface area contributed by atoms with E-state index in [1.165, 1.54) is 0 Å². The molecule has 0 saturated heterocycles. The molecule has 0 amide bonds. The molecule has 0 spiro atoms. The van der Waals surface area contributed by atoms with E-state index in [1.807, 2.05) is 6.92 Å². The molecule has 0 N–H and O–H groups in total. The molecular formula is C12H10BrF3N2. The summed E-state index contributed by atoms with van der Waals surface area (Å²) in [7, 11) is 0. The third-order valence-electron chi connectivity index (χ3n) is 2.66. The maximum atomic E-state index is 12.7. The number of aromatic nitrogens is 2. The highest BCUT2D eigenvalue weighted by Crippen LogP contribution is 2.34. The van der Waals surface area contributed by atoms with Crippen LogP contribution in [-0.4, -0.2) is 9.97 Å². The van der Waals surface area contributed by atoms with Gasteiger partial charge in [0, 0.05) is 4.47 Å². The first kappa shape index (κ1) is 13.3.